The lowest BCUT2D eigenvalue weighted by atomic mass is 10.1. The van der Waals surface area contributed by atoms with Crippen LogP contribution in [0.5, 0.6) is 0 Å². The summed E-state index contributed by atoms with van der Waals surface area (Å²) in [6.45, 7) is 3.23. The molecule has 0 aliphatic carbocycles. The van der Waals surface area contributed by atoms with Gasteiger partial charge < -0.3 is 10.7 Å². The Bertz CT molecular complexity index is 702. The zero-order valence-electron chi connectivity index (χ0n) is 11.6. The van der Waals surface area contributed by atoms with E-state index in [9.17, 15) is 13.6 Å². The van der Waals surface area contributed by atoms with Crippen molar-refractivity contribution in [2.24, 2.45) is 5.84 Å². The van der Waals surface area contributed by atoms with Crippen molar-refractivity contribution in [1.82, 2.24) is 0 Å². The molecule has 0 aliphatic heterocycles. The lowest BCUT2D eigenvalue weighted by molar-refractivity contribution is 0.102. The van der Waals surface area contributed by atoms with Crippen molar-refractivity contribution in [3.63, 3.8) is 0 Å². The first-order valence-corrected chi connectivity index (χ1v) is 6.26. The van der Waals surface area contributed by atoms with Gasteiger partial charge in [-0.3, -0.25) is 10.6 Å². The third-order valence-corrected chi connectivity index (χ3v) is 3.14. The van der Waals surface area contributed by atoms with Crippen LogP contribution < -0.4 is 16.6 Å². The van der Waals surface area contributed by atoms with Gasteiger partial charge in [-0.25, -0.2) is 8.78 Å². The second-order valence-electron chi connectivity index (χ2n) is 4.71. The summed E-state index contributed by atoms with van der Waals surface area (Å²) in [6.07, 6.45) is 0. The third-order valence-electron chi connectivity index (χ3n) is 3.14. The molecule has 0 saturated heterocycles. The third kappa shape index (κ3) is 3.17. The van der Waals surface area contributed by atoms with Crippen molar-refractivity contribution >= 4 is 17.3 Å². The number of benzene rings is 2. The number of hydrazine groups is 1. The van der Waals surface area contributed by atoms with Gasteiger partial charge in [0.05, 0.1) is 11.4 Å². The van der Waals surface area contributed by atoms with Crippen LogP contribution in [0.1, 0.15) is 21.5 Å². The SMILES string of the molecule is Cc1cc(F)c(NC(=O)c2ccc(NN)c(C)c2)cc1F. The van der Waals surface area contributed by atoms with Gasteiger partial charge in [-0.15, -0.1) is 0 Å². The van der Waals surface area contributed by atoms with Crippen molar-refractivity contribution in [2.75, 3.05) is 10.7 Å². The smallest absolute Gasteiger partial charge is 0.255 e. The summed E-state index contributed by atoms with van der Waals surface area (Å²) in [6, 6.07) is 6.78. The molecule has 2 rings (SSSR count). The van der Waals surface area contributed by atoms with Gasteiger partial charge in [-0.2, -0.15) is 0 Å². The van der Waals surface area contributed by atoms with Crippen LogP contribution in [0.4, 0.5) is 20.2 Å². The van der Waals surface area contributed by atoms with Gasteiger partial charge >= 0.3 is 0 Å². The minimum atomic E-state index is -0.681. The summed E-state index contributed by atoms with van der Waals surface area (Å²) in [5, 5.41) is 2.35. The van der Waals surface area contributed by atoms with Gasteiger partial charge in [0.25, 0.3) is 5.91 Å². The van der Waals surface area contributed by atoms with Gasteiger partial charge in [-0.05, 0) is 49.2 Å². The maximum absolute atomic E-state index is 13.7. The van der Waals surface area contributed by atoms with Crippen LogP contribution in [0.2, 0.25) is 0 Å². The molecule has 0 saturated carbocycles. The number of nitrogens with two attached hydrogens (primary N) is 1. The van der Waals surface area contributed by atoms with Gasteiger partial charge in [0.1, 0.15) is 11.6 Å². The van der Waals surface area contributed by atoms with Crippen molar-refractivity contribution in [3.05, 3.63) is 58.7 Å². The quantitative estimate of drug-likeness (QED) is 0.601. The van der Waals surface area contributed by atoms with E-state index in [4.69, 9.17) is 5.84 Å². The van der Waals surface area contributed by atoms with Crippen molar-refractivity contribution < 1.29 is 13.6 Å². The minimum absolute atomic E-state index is 0.180. The van der Waals surface area contributed by atoms with E-state index in [1.807, 2.05) is 0 Å². The highest BCUT2D eigenvalue weighted by molar-refractivity contribution is 6.04. The summed E-state index contributed by atoms with van der Waals surface area (Å²) in [7, 11) is 0. The molecule has 6 heteroatoms. The van der Waals surface area contributed by atoms with E-state index in [1.54, 1.807) is 25.1 Å². The molecule has 2 aromatic rings. The minimum Gasteiger partial charge on any atom is -0.324 e. The van der Waals surface area contributed by atoms with E-state index in [0.29, 0.717) is 11.3 Å². The number of nitrogens with one attached hydrogen (secondary N) is 2. The summed E-state index contributed by atoms with van der Waals surface area (Å²) < 4.78 is 27.1. The van der Waals surface area contributed by atoms with Crippen LogP contribution in [-0.4, -0.2) is 5.91 Å². The fourth-order valence-electron chi connectivity index (χ4n) is 1.90. The Labute approximate surface area is 120 Å². The fraction of sp³-hybridized carbons (Fsp3) is 0.133. The van der Waals surface area contributed by atoms with Crippen molar-refractivity contribution in [3.8, 4) is 0 Å². The molecular weight excluding hydrogens is 276 g/mol. The molecule has 4 nitrogen and oxygen atoms in total. The highest BCUT2D eigenvalue weighted by atomic mass is 19.1. The molecule has 0 heterocycles. The number of carbonyl (C=O) groups is 1. The summed E-state index contributed by atoms with van der Waals surface area (Å²) in [5.74, 6) is 3.53. The normalized spacial score (nSPS) is 10.3. The van der Waals surface area contributed by atoms with Gasteiger partial charge in [0.2, 0.25) is 0 Å². The highest BCUT2D eigenvalue weighted by Crippen LogP contribution is 2.21. The number of amides is 1. The van der Waals surface area contributed by atoms with E-state index >= 15 is 0 Å². The van der Waals surface area contributed by atoms with Crippen LogP contribution in [-0.2, 0) is 0 Å². The zero-order valence-corrected chi connectivity index (χ0v) is 11.6. The lowest BCUT2D eigenvalue weighted by Crippen LogP contribution is -2.14. The molecule has 0 unspecified atom stereocenters. The largest absolute Gasteiger partial charge is 0.324 e. The first-order chi connectivity index (χ1) is 9.92. The Kier molecular flexibility index (Phi) is 4.18. The Balaban J connectivity index is 2.26. The van der Waals surface area contributed by atoms with Crippen LogP contribution in [0.15, 0.2) is 30.3 Å². The van der Waals surface area contributed by atoms with Crippen LogP contribution in [0.25, 0.3) is 0 Å². The number of rotatable bonds is 3. The average Bonchev–Trinajstić information content (AvgIpc) is 2.44. The Morgan fingerprint density at radius 1 is 1.00 bits per heavy atom. The monoisotopic (exact) mass is 291 g/mol. The Morgan fingerprint density at radius 2 is 1.71 bits per heavy atom. The topological polar surface area (TPSA) is 67.2 Å². The Hall–Kier alpha value is -2.47. The number of nitrogen functional groups attached to an aromatic ring is 1. The van der Waals surface area contributed by atoms with Gasteiger partial charge in [-0.1, -0.05) is 0 Å². The molecule has 0 aromatic heterocycles. The van der Waals surface area contributed by atoms with E-state index < -0.39 is 17.5 Å². The number of carbonyl (C=O) groups excluding carboxylic acids is 1. The fourth-order valence-corrected chi connectivity index (χ4v) is 1.90. The number of aryl methyl sites for hydroxylation is 2. The summed E-state index contributed by atoms with van der Waals surface area (Å²) in [5.41, 5.74) is 4.25. The van der Waals surface area contributed by atoms with E-state index in [2.05, 4.69) is 10.7 Å². The number of halogens is 2. The molecule has 21 heavy (non-hydrogen) atoms. The number of anilines is 2. The zero-order chi connectivity index (χ0) is 15.6. The van der Waals surface area contributed by atoms with Gasteiger partial charge in [0, 0.05) is 11.6 Å². The predicted molar refractivity (Wildman–Crippen MR) is 78.0 cm³/mol. The molecule has 0 bridgehead atoms. The summed E-state index contributed by atoms with van der Waals surface area (Å²) in [4.78, 5) is 12.1. The molecule has 110 valence electrons. The lowest BCUT2D eigenvalue weighted by Gasteiger charge is -2.10. The highest BCUT2D eigenvalue weighted by Gasteiger charge is 2.12. The standard InChI is InChI=1S/C15H15F2N3O/c1-8-6-12(17)14(7-11(8)16)19-15(21)10-3-4-13(20-18)9(2)5-10/h3-7,20H,18H2,1-2H3,(H,19,21). The number of hydrogen-bond acceptors (Lipinski definition) is 3. The maximum Gasteiger partial charge on any atom is 0.255 e. The van der Waals surface area contributed by atoms with Crippen LogP contribution >= 0.6 is 0 Å². The molecule has 4 N–H and O–H groups in total. The molecule has 2 aromatic carbocycles. The molecule has 0 radical (unpaired) electrons. The van der Waals surface area contributed by atoms with Crippen molar-refractivity contribution in [1.29, 1.82) is 0 Å². The summed E-state index contributed by atoms with van der Waals surface area (Å²) >= 11 is 0. The molecular formula is C15H15F2N3O. The second kappa shape index (κ2) is 5.88. The van der Waals surface area contributed by atoms with Crippen molar-refractivity contribution in [2.45, 2.75) is 13.8 Å². The second-order valence-corrected chi connectivity index (χ2v) is 4.71. The maximum atomic E-state index is 13.7. The van der Waals surface area contributed by atoms with Crippen LogP contribution in [0.3, 0.4) is 0 Å². The molecule has 0 aliphatic rings. The van der Waals surface area contributed by atoms with E-state index in [-0.39, 0.29) is 11.3 Å². The molecule has 0 atom stereocenters. The average molecular weight is 291 g/mol. The first-order valence-electron chi connectivity index (χ1n) is 6.26. The number of hydrogen-bond donors (Lipinski definition) is 3. The Morgan fingerprint density at radius 3 is 2.33 bits per heavy atom. The molecule has 0 spiro atoms. The van der Waals surface area contributed by atoms with Crippen LogP contribution in [0, 0.1) is 25.5 Å². The van der Waals surface area contributed by atoms with Gasteiger partial charge in [0.15, 0.2) is 0 Å². The molecule has 0 fully saturated rings. The van der Waals surface area contributed by atoms with E-state index in [1.165, 1.54) is 6.92 Å². The van der Waals surface area contributed by atoms with E-state index in [0.717, 1.165) is 17.7 Å². The predicted octanol–water partition coefficient (Wildman–Crippen LogP) is 3.12. The first kappa shape index (κ1) is 14.9. The molecule has 1 amide bonds.